The smallest absolute Gasteiger partial charge is 0.275 e. The molecule has 4 amide bonds. The van der Waals surface area contributed by atoms with E-state index in [-0.39, 0.29) is 11.4 Å². The Kier molecular flexibility index (Phi) is 10.2. The van der Waals surface area contributed by atoms with Crippen LogP contribution in [0, 0.1) is 43.4 Å². The minimum absolute atomic E-state index is 0.121. The van der Waals surface area contributed by atoms with Gasteiger partial charge in [-0.3, -0.25) is 39.0 Å². The summed E-state index contributed by atoms with van der Waals surface area (Å²) in [5, 5.41) is 25.2. The summed E-state index contributed by atoms with van der Waals surface area (Å²) in [6.07, 6.45) is 4.62. The zero-order valence-corrected chi connectivity index (χ0v) is 33.3. The lowest BCUT2D eigenvalue weighted by Gasteiger charge is -2.46. The van der Waals surface area contributed by atoms with Crippen LogP contribution in [0.25, 0.3) is 0 Å². The summed E-state index contributed by atoms with van der Waals surface area (Å²) in [4.78, 5) is 74.7. The van der Waals surface area contributed by atoms with Gasteiger partial charge in [0.25, 0.3) is 11.8 Å². The molecule has 0 radical (unpaired) electrons. The topological polar surface area (TPSA) is 171 Å². The minimum Gasteiger partial charge on any atom is -0.324 e. The molecule has 4 aliphatic rings. The summed E-state index contributed by atoms with van der Waals surface area (Å²) in [6.45, 7) is 5.73. The highest BCUT2D eigenvalue weighted by atomic mass is 16.2. The molecule has 2 spiro atoms. The van der Waals surface area contributed by atoms with Crippen LogP contribution in [0.3, 0.4) is 0 Å². The fourth-order valence-electron chi connectivity index (χ4n) is 9.27. The van der Waals surface area contributed by atoms with Crippen molar-refractivity contribution >= 4 is 46.4 Å². The van der Waals surface area contributed by atoms with E-state index in [9.17, 15) is 10.5 Å². The Morgan fingerprint density at radius 1 is 0.627 bits per heavy atom. The van der Waals surface area contributed by atoms with E-state index >= 15 is 19.2 Å². The molecule has 2 N–H and O–H groups in total. The molecule has 0 saturated heterocycles. The molecule has 2 fully saturated rings. The summed E-state index contributed by atoms with van der Waals surface area (Å²) in [5.41, 5.74) is 3.26. The van der Waals surface area contributed by atoms with E-state index in [0.717, 1.165) is 42.4 Å². The van der Waals surface area contributed by atoms with Crippen molar-refractivity contribution in [2.24, 2.45) is 9.98 Å². The van der Waals surface area contributed by atoms with Gasteiger partial charge in [0, 0.05) is 22.5 Å². The third kappa shape index (κ3) is 7.05. The zero-order valence-electron chi connectivity index (χ0n) is 33.3. The van der Waals surface area contributed by atoms with Gasteiger partial charge >= 0.3 is 0 Å². The number of nitrogens with one attached hydrogen (secondary N) is 2. The van der Waals surface area contributed by atoms with Crippen molar-refractivity contribution < 1.29 is 19.2 Å². The van der Waals surface area contributed by atoms with Crippen LogP contribution in [0.15, 0.2) is 101 Å². The molecule has 2 aliphatic heterocycles. The lowest BCUT2D eigenvalue weighted by Crippen LogP contribution is -2.69. The first-order chi connectivity index (χ1) is 28.5. The molecule has 0 bridgehead atoms. The SMILES string of the molecule is Cc1cccc(NC(=O)C(C(C(=O)Nc2ccc(C)cc2C)N2C(=O)C(c3ccc(C#N)cc3)=NC23CCCC3)N2C(=O)C(c3ccc(C#N)cc3)=NC23CCCC3)c1. The first kappa shape index (κ1) is 38.9. The number of aryl methyl sites for hydroxylation is 3. The van der Waals surface area contributed by atoms with E-state index in [0.29, 0.717) is 59.3 Å². The summed E-state index contributed by atoms with van der Waals surface area (Å²) < 4.78 is 0. The number of rotatable bonds is 9. The van der Waals surface area contributed by atoms with Crippen LogP contribution in [-0.2, 0) is 19.2 Å². The average Bonchev–Trinajstić information content (AvgIpc) is 4.02. The molecule has 4 aromatic carbocycles. The van der Waals surface area contributed by atoms with Crippen LogP contribution in [0.1, 0.15) is 90.3 Å². The van der Waals surface area contributed by atoms with Crippen molar-refractivity contribution in [3.05, 3.63) is 130 Å². The van der Waals surface area contributed by atoms with Gasteiger partial charge in [0.15, 0.2) is 0 Å². The first-order valence-corrected chi connectivity index (χ1v) is 20.1. The first-order valence-electron chi connectivity index (χ1n) is 20.1. The summed E-state index contributed by atoms with van der Waals surface area (Å²) in [7, 11) is 0. The number of carbonyl (C=O) groups is 4. The normalized spacial score (nSPS) is 18.7. The van der Waals surface area contributed by atoms with Crippen molar-refractivity contribution in [3.8, 4) is 12.1 Å². The van der Waals surface area contributed by atoms with Crippen molar-refractivity contribution in [1.82, 2.24) is 9.80 Å². The van der Waals surface area contributed by atoms with Gasteiger partial charge in [-0.25, -0.2) is 0 Å². The Hall–Kier alpha value is -6.92. The number of nitrogens with zero attached hydrogens (tertiary/aromatic N) is 6. The number of anilines is 2. The fourth-order valence-corrected chi connectivity index (χ4v) is 9.27. The van der Waals surface area contributed by atoms with Gasteiger partial charge in [0.2, 0.25) is 11.8 Å². The number of carbonyl (C=O) groups excluding carboxylic acids is 4. The predicted octanol–water partition coefficient (Wildman–Crippen LogP) is 6.87. The van der Waals surface area contributed by atoms with Crippen LogP contribution >= 0.6 is 0 Å². The van der Waals surface area contributed by atoms with E-state index in [1.54, 1.807) is 66.7 Å². The molecular weight excluding hydrogens is 741 g/mol. The quantitative estimate of drug-likeness (QED) is 0.188. The van der Waals surface area contributed by atoms with Crippen molar-refractivity contribution in [2.75, 3.05) is 10.6 Å². The highest BCUT2D eigenvalue weighted by Crippen LogP contribution is 2.47. The minimum atomic E-state index is -1.58. The van der Waals surface area contributed by atoms with Gasteiger partial charge in [0.05, 0.1) is 23.3 Å². The number of amides is 4. The zero-order chi connectivity index (χ0) is 41.5. The number of benzene rings is 4. The lowest BCUT2D eigenvalue weighted by atomic mass is 9.93. The Bertz CT molecular complexity index is 2520. The second-order valence-corrected chi connectivity index (χ2v) is 16.1. The number of hydrogen-bond acceptors (Lipinski definition) is 8. The average molecular weight is 785 g/mol. The van der Waals surface area contributed by atoms with Gasteiger partial charge in [0.1, 0.15) is 34.8 Å². The molecule has 8 rings (SSSR count). The van der Waals surface area contributed by atoms with E-state index in [4.69, 9.17) is 9.98 Å². The maximum Gasteiger partial charge on any atom is 0.275 e. The second kappa shape index (κ2) is 15.4. The van der Waals surface area contributed by atoms with Crippen molar-refractivity contribution in [3.63, 3.8) is 0 Å². The third-order valence-electron chi connectivity index (χ3n) is 12.1. The fraction of sp³-hybridized carbons (Fsp3) is 0.319. The van der Waals surface area contributed by atoms with Crippen molar-refractivity contribution in [1.29, 1.82) is 10.5 Å². The maximum absolute atomic E-state index is 15.5. The van der Waals surface area contributed by atoms with E-state index < -0.39 is 47.0 Å². The van der Waals surface area contributed by atoms with Gasteiger partial charge in [-0.05, 0) is 126 Å². The Balaban J connectivity index is 1.33. The molecule has 2 aliphatic carbocycles. The Morgan fingerprint density at radius 3 is 1.53 bits per heavy atom. The summed E-state index contributed by atoms with van der Waals surface area (Å²) in [5.74, 6) is -2.40. The molecule has 4 aromatic rings. The van der Waals surface area contributed by atoms with Gasteiger partial charge in [-0.2, -0.15) is 10.5 Å². The Morgan fingerprint density at radius 2 is 1.08 bits per heavy atom. The van der Waals surface area contributed by atoms with Crippen LogP contribution in [-0.4, -0.2) is 68.3 Å². The van der Waals surface area contributed by atoms with Crippen molar-refractivity contribution in [2.45, 2.75) is 95.5 Å². The standard InChI is InChI=1S/C47H44N8O4/c1-29-9-8-10-36(26-29)50-42(56)40(54-44(58)38(52-46(54)21-4-5-22-46)34-16-12-32(27-48)13-17-34)41(43(57)51-37-20-11-30(2)25-31(37)3)55-45(59)39(53-47(55)23-6-7-24-47)35-18-14-33(28-49)15-19-35/h8-20,25-26,40-41H,4-7,21-24H2,1-3H3,(H,50,56)(H,51,57). The molecule has 12 heteroatoms. The Labute approximate surface area is 343 Å². The lowest BCUT2D eigenvalue weighted by molar-refractivity contribution is -0.152. The number of aliphatic imine (C=N–C) groups is 2. The molecule has 2 atom stereocenters. The van der Waals surface area contributed by atoms with Crippen LogP contribution in [0.2, 0.25) is 0 Å². The van der Waals surface area contributed by atoms with E-state index in [2.05, 4.69) is 22.8 Å². The van der Waals surface area contributed by atoms with Crippen LogP contribution in [0.5, 0.6) is 0 Å². The molecule has 296 valence electrons. The third-order valence-corrected chi connectivity index (χ3v) is 12.1. The van der Waals surface area contributed by atoms with Gasteiger partial charge in [-0.1, -0.05) is 54.1 Å². The monoisotopic (exact) mass is 784 g/mol. The second-order valence-electron chi connectivity index (χ2n) is 16.1. The van der Waals surface area contributed by atoms with Crippen LogP contribution in [0.4, 0.5) is 11.4 Å². The molecule has 0 aromatic heterocycles. The largest absolute Gasteiger partial charge is 0.324 e. The molecular formula is C47H44N8O4. The predicted molar refractivity (Wildman–Crippen MR) is 223 cm³/mol. The summed E-state index contributed by atoms with van der Waals surface area (Å²) >= 11 is 0. The summed E-state index contributed by atoms with van der Waals surface area (Å²) in [6, 6.07) is 27.1. The van der Waals surface area contributed by atoms with E-state index in [1.807, 2.05) is 45.0 Å². The molecule has 2 unspecified atom stereocenters. The van der Waals surface area contributed by atoms with E-state index in [1.165, 1.54) is 9.80 Å². The molecule has 2 saturated carbocycles. The molecule has 2 heterocycles. The highest BCUT2D eigenvalue weighted by molar-refractivity contribution is 6.48. The van der Waals surface area contributed by atoms with Gasteiger partial charge < -0.3 is 10.6 Å². The number of nitriles is 2. The van der Waals surface area contributed by atoms with Crippen LogP contribution < -0.4 is 10.6 Å². The number of hydrogen-bond donors (Lipinski definition) is 2. The highest BCUT2D eigenvalue weighted by Gasteiger charge is 2.62. The molecule has 59 heavy (non-hydrogen) atoms. The van der Waals surface area contributed by atoms with Gasteiger partial charge in [-0.15, -0.1) is 0 Å². The maximum atomic E-state index is 15.5. The molecule has 12 nitrogen and oxygen atoms in total.